The molecule has 0 radical (unpaired) electrons. The monoisotopic (exact) mass is 262 g/mol. The lowest BCUT2D eigenvalue weighted by molar-refractivity contribution is -0.0987. The van der Waals surface area contributed by atoms with Crippen LogP contribution in [0.1, 0.15) is 0 Å². The van der Waals surface area contributed by atoms with Crippen molar-refractivity contribution in [2.24, 2.45) is 0 Å². The van der Waals surface area contributed by atoms with Gasteiger partial charge in [-0.15, -0.1) is 0 Å². The van der Waals surface area contributed by atoms with E-state index in [2.05, 4.69) is 8.37 Å². The molecule has 0 rings (SSSR count). The SMILES string of the molecule is O=S(=O)(OC(F)C(F)F)OC(F)C(F)F. The molecule has 2 unspecified atom stereocenters. The topological polar surface area (TPSA) is 52.6 Å². The highest BCUT2D eigenvalue weighted by atomic mass is 32.3. The van der Waals surface area contributed by atoms with E-state index in [1.54, 1.807) is 0 Å². The predicted octanol–water partition coefficient (Wildman–Crippen LogP) is 1.39. The molecular formula is C4H4F6O4S. The lowest BCUT2D eigenvalue weighted by atomic mass is 10.7. The van der Waals surface area contributed by atoms with Crippen LogP contribution in [0.25, 0.3) is 0 Å². The lowest BCUT2D eigenvalue weighted by Gasteiger charge is -2.10. The largest absolute Gasteiger partial charge is 0.405 e. The summed E-state index contributed by atoms with van der Waals surface area (Å²) in [6.07, 6.45) is -14.9. The van der Waals surface area contributed by atoms with E-state index in [0.29, 0.717) is 0 Å². The highest BCUT2D eigenvalue weighted by molar-refractivity contribution is 7.81. The Morgan fingerprint density at radius 2 is 1.00 bits per heavy atom. The second-order valence-electron chi connectivity index (χ2n) is 1.97. The van der Waals surface area contributed by atoms with Crippen LogP contribution in [0, 0.1) is 0 Å². The smallest absolute Gasteiger partial charge is 0.208 e. The maximum Gasteiger partial charge on any atom is 0.405 e. The van der Waals surface area contributed by atoms with Crippen LogP contribution in [-0.4, -0.2) is 34.0 Å². The van der Waals surface area contributed by atoms with Gasteiger partial charge in [0.25, 0.3) is 25.6 Å². The molecular weight excluding hydrogens is 258 g/mol. The molecule has 2 atom stereocenters. The first-order chi connectivity index (χ1) is 6.65. The van der Waals surface area contributed by atoms with Crippen molar-refractivity contribution in [3.8, 4) is 0 Å². The minimum absolute atomic E-state index is 2.88. The molecule has 15 heavy (non-hydrogen) atoms. The predicted molar refractivity (Wildman–Crippen MR) is 32.9 cm³/mol. The number of hydrogen-bond donors (Lipinski definition) is 0. The summed E-state index contributed by atoms with van der Waals surface area (Å²) in [5, 5.41) is 0. The molecule has 92 valence electrons. The van der Waals surface area contributed by atoms with Gasteiger partial charge in [-0.1, -0.05) is 0 Å². The van der Waals surface area contributed by atoms with E-state index in [1.165, 1.54) is 0 Å². The molecule has 11 heteroatoms. The van der Waals surface area contributed by atoms with Crippen molar-refractivity contribution in [3.63, 3.8) is 0 Å². The van der Waals surface area contributed by atoms with Crippen molar-refractivity contribution in [3.05, 3.63) is 0 Å². The summed E-state index contributed by atoms with van der Waals surface area (Å²) in [7, 11) is -5.58. The van der Waals surface area contributed by atoms with Crippen LogP contribution >= 0.6 is 0 Å². The first kappa shape index (κ1) is 14.5. The van der Waals surface area contributed by atoms with Gasteiger partial charge in [0.2, 0.25) is 0 Å². The lowest BCUT2D eigenvalue weighted by Crippen LogP contribution is -2.27. The van der Waals surface area contributed by atoms with E-state index >= 15 is 0 Å². The van der Waals surface area contributed by atoms with Gasteiger partial charge >= 0.3 is 10.4 Å². The molecule has 4 nitrogen and oxygen atoms in total. The van der Waals surface area contributed by atoms with Crippen molar-refractivity contribution in [1.29, 1.82) is 0 Å². The number of rotatable bonds is 6. The maximum absolute atomic E-state index is 11.9. The molecule has 0 heterocycles. The van der Waals surface area contributed by atoms with Crippen molar-refractivity contribution in [2.45, 2.75) is 25.6 Å². The fourth-order valence-corrected chi connectivity index (χ4v) is 0.996. The third-order valence-corrected chi connectivity index (χ3v) is 1.65. The Bertz CT molecular complexity index is 257. The molecule has 0 saturated heterocycles. The average Bonchev–Trinajstić information content (AvgIpc) is 2.01. The summed E-state index contributed by atoms with van der Waals surface area (Å²) in [6.45, 7) is 0. The fraction of sp³-hybridized carbons (Fsp3) is 1.00. The van der Waals surface area contributed by atoms with Gasteiger partial charge < -0.3 is 0 Å². The number of halogens is 6. The Morgan fingerprint density at radius 1 is 0.733 bits per heavy atom. The molecule has 0 spiro atoms. The summed E-state index contributed by atoms with van der Waals surface area (Å²) in [5.41, 5.74) is 0. The zero-order chi connectivity index (χ0) is 12.2. The highest BCUT2D eigenvalue weighted by Gasteiger charge is 2.33. The fourth-order valence-electron chi connectivity index (χ4n) is 0.332. The molecule has 0 fully saturated rings. The van der Waals surface area contributed by atoms with Gasteiger partial charge in [0, 0.05) is 0 Å². The van der Waals surface area contributed by atoms with Crippen LogP contribution in [-0.2, 0) is 18.8 Å². The highest BCUT2D eigenvalue weighted by Crippen LogP contribution is 2.16. The van der Waals surface area contributed by atoms with Crippen molar-refractivity contribution >= 4 is 10.4 Å². The van der Waals surface area contributed by atoms with Crippen LogP contribution in [0.4, 0.5) is 26.3 Å². The van der Waals surface area contributed by atoms with Crippen LogP contribution in [0.3, 0.4) is 0 Å². The van der Waals surface area contributed by atoms with Gasteiger partial charge in [0.1, 0.15) is 0 Å². The molecule has 0 aliphatic rings. The Kier molecular flexibility index (Phi) is 5.31. The van der Waals surface area contributed by atoms with E-state index in [9.17, 15) is 34.8 Å². The molecule has 0 aliphatic carbocycles. The third-order valence-electron chi connectivity index (χ3n) is 0.816. The molecule has 0 aromatic heterocycles. The summed E-state index contributed by atoms with van der Waals surface area (Å²) in [5.74, 6) is 0. The van der Waals surface area contributed by atoms with Crippen LogP contribution < -0.4 is 0 Å². The Morgan fingerprint density at radius 3 is 1.20 bits per heavy atom. The molecule has 0 saturated carbocycles. The van der Waals surface area contributed by atoms with Gasteiger partial charge in [-0.05, 0) is 0 Å². The second-order valence-corrected chi connectivity index (χ2v) is 3.17. The first-order valence-electron chi connectivity index (χ1n) is 3.11. The van der Waals surface area contributed by atoms with Gasteiger partial charge in [0.15, 0.2) is 0 Å². The maximum atomic E-state index is 11.9. The van der Waals surface area contributed by atoms with Crippen LogP contribution in [0.2, 0.25) is 0 Å². The Labute approximate surface area is 80.1 Å². The van der Waals surface area contributed by atoms with Crippen molar-refractivity contribution < 1.29 is 43.1 Å². The Balaban J connectivity index is 4.32. The second kappa shape index (κ2) is 5.51. The summed E-state index contributed by atoms with van der Waals surface area (Å²) in [6, 6.07) is 0. The summed E-state index contributed by atoms with van der Waals surface area (Å²) < 4.78 is 95.7. The van der Waals surface area contributed by atoms with Gasteiger partial charge in [-0.2, -0.15) is 8.42 Å². The summed E-state index contributed by atoms with van der Waals surface area (Å²) in [4.78, 5) is 0. The summed E-state index contributed by atoms with van der Waals surface area (Å²) >= 11 is 0. The Hall–Kier alpha value is -0.550. The zero-order valence-corrected chi connectivity index (χ0v) is 7.43. The minimum Gasteiger partial charge on any atom is -0.208 e. The van der Waals surface area contributed by atoms with Crippen molar-refractivity contribution in [2.75, 3.05) is 0 Å². The quantitative estimate of drug-likeness (QED) is 0.679. The third kappa shape index (κ3) is 5.79. The van der Waals surface area contributed by atoms with E-state index in [-0.39, 0.29) is 0 Å². The minimum atomic E-state index is -5.58. The zero-order valence-electron chi connectivity index (χ0n) is 6.62. The van der Waals surface area contributed by atoms with Gasteiger partial charge in [-0.3, -0.25) is 0 Å². The standard InChI is InChI=1S/C4H4F6O4S/c5-1(6)3(9)13-15(11,12)14-4(10)2(7)8/h1-4H. The molecule has 0 aliphatic heterocycles. The normalized spacial score (nSPS) is 17.1. The average molecular weight is 262 g/mol. The molecule has 0 aromatic carbocycles. The molecule has 0 amide bonds. The molecule has 0 bridgehead atoms. The number of alkyl halides is 6. The first-order valence-corrected chi connectivity index (χ1v) is 4.45. The van der Waals surface area contributed by atoms with E-state index in [4.69, 9.17) is 0 Å². The van der Waals surface area contributed by atoms with Crippen molar-refractivity contribution in [1.82, 2.24) is 0 Å². The van der Waals surface area contributed by atoms with E-state index < -0.39 is 36.0 Å². The number of hydrogen-bond acceptors (Lipinski definition) is 4. The molecule has 0 N–H and O–H groups in total. The van der Waals surface area contributed by atoms with Crippen LogP contribution in [0.5, 0.6) is 0 Å². The van der Waals surface area contributed by atoms with Gasteiger partial charge in [0.05, 0.1) is 0 Å². The van der Waals surface area contributed by atoms with Gasteiger partial charge in [-0.25, -0.2) is 34.7 Å². The van der Waals surface area contributed by atoms with Crippen LogP contribution in [0.15, 0.2) is 0 Å². The molecule has 0 aromatic rings. The van der Waals surface area contributed by atoms with E-state index in [1.807, 2.05) is 0 Å². The van der Waals surface area contributed by atoms with E-state index in [0.717, 1.165) is 0 Å².